The number of nitrogens with zero attached hydrogens (tertiary/aromatic N) is 1. The van der Waals surface area contributed by atoms with Crippen LogP contribution in [0, 0.1) is 17.8 Å². The summed E-state index contributed by atoms with van der Waals surface area (Å²) < 4.78 is 0. The summed E-state index contributed by atoms with van der Waals surface area (Å²) in [6.07, 6.45) is 7.71. The molecular formula is C12H22N2. The smallest absolute Gasteiger partial charge is 0.0101 e. The van der Waals surface area contributed by atoms with E-state index in [1.54, 1.807) is 0 Å². The molecule has 0 radical (unpaired) electrons. The van der Waals surface area contributed by atoms with Crippen LogP contribution in [0.15, 0.2) is 12.2 Å². The molecule has 2 aliphatic carbocycles. The van der Waals surface area contributed by atoms with Crippen LogP contribution >= 0.6 is 0 Å². The molecule has 2 nitrogen and oxygen atoms in total. The second kappa shape index (κ2) is 4.45. The lowest BCUT2D eigenvalue weighted by Crippen LogP contribution is -2.31. The highest BCUT2D eigenvalue weighted by Crippen LogP contribution is 2.42. The normalized spacial score (nSPS) is 34.6. The molecule has 3 atom stereocenters. The van der Waals surface area contributed by atoms with E-state index in [2.05, 4.69) is 36.5 Å². The highest BCUT2D eigenvalue weighted by molar-refractivity contribution is 5.10. The first kappa shape index (κ1) is 10.2. The molecular weight excluding hydrogens is 172 g/mol. The fourth-order valence-corrected chi connectivity index (χ4v) is 2.72. The van der Waals surface area contributed by atoms with Gasteiger partial charge in [0.25, 0.3) is 0 Å². The third-order valence-electron chi connectivity index (χ3n) is 3.56. The van der Waals surface area contributed by atoms with Crippen molar-refractivity contribution in [3.05, 3.63) is 12.2 Å². The van der Waals surface area contributed by atoms with Crippen LogP contribution in [0.25, 0.3) is 0 Å². The molecule has 3 unspecified atom stereocenters. The predicted octanol–water partition coefficient (Wildman–Crippen LogP) is 1.35. The molecule has 0 saturated heterocycles. The van der Waals surface area contributed by atoms with E-state index in [4.69, 9.17) is 0 Å². The monoisotopic (exact) mass is 194 g/mol. The Morgan fingerprint density at radius 2 is 2.14 bits per heavy atom. The number of hydrogen-bond donors (Lipinski definition) is 1. The average Bonchev–Trinajstić information content (AvgIpc) is 2.73. The standard InChI is InChI=1S/C12H22N2/c1-14(2)6-5-13-9-12-8-10-3-4-11(12)7-10/h3-4,10-13H,5-9H2,1-2H3. The van der Waals surface area contributed by atoms with Crippen LogP contribution in [0.2, 0.25) is 0 Å². The Balaban J connectivity index is 1.61. The summed E-state index contributed by atoms with van der Waals surface area (Å²) in [5.74, 6) is 2.74. The van der Waals surface area contributed by atoms with Crippen LogP contribution in [0.1, 0.15) is 12.8 Å². The first-order valence-corrected chi connectivity index (χ1v) is 5.79. The fourth-order valence-electron chi connectivity index (χ4n) is 2.72. The Morgan fingerprint density at radius 3 is 2.71 bits per heavy atom. The van der Waals surface area contributed by atoms with Crippen LogP contribution in [-0.4, -0.2) is 38.6 Å². The number of hydrogen-bond acceptors (Lipinski definition) is 2. The molecule has 0 aliphatic heterocycles. The van der Waals surface area contributed by atoms with Gasteiger partial charge < -0.3 is 10.2 Å². The third-order valence-corrected chi connectivity index (χ3v) is 3.56. The molecule has 0 heterocycles. The summed E-state index contributed by atoms with van der Waals surface area (Å²) in [6, 6.07) is 0. The molecule has 1 fully saturated rings. The zero-order valence-corrected chi connectivity index (χ0v) is 9.37. The van der Waals surface area contributed by atoms with Crippen LogP contribution in [0.4, 0.5) is 0 Å². The molecule has 0 amide bonds. The summed E-state index contributed by atoms with van der Waals surface area (Å²) in [6.45, 7) is 3.50. The van der Waals surface area contributed by atoms with E-state index in [0.717, 1.165) is 30.8 Å². The molecule has 2 heteroatoms. The minimum Gasteiger partial charge on any atom is -0.315 e. The van der Waals surface area contributed by atoms with Crippen LogP contribution in [-0.2, 0) is 0 Å². The second-order valence-electron chi connectivity index (χ2n) is 5.05. The molecule has 2 bridgehead atoms. The number of fused-ring (bicyclic) bond motifs is 2. The van der Waals surface area contributed by atoms with Gasteiger partial charge in [-0.05, 0) is 51.2 Å². The van der Waals surface area contributed by atoms with E-state index in [-0.39, 0.29) is 0 Å². The molecule has 14 heavy (non-hydrogen) atoms. The van der Waals surface area contributed by atoms with Crippen molar-refractivity contribution in [3.8, 4) is 0 Å². The van der Waals surface area contributed by atoms with Gasteiger partial charge in [0.1, 0.15) is 0 Å². The van der Waals surface area contributed by atoms with E-state index in [1.165, 1.54) is 19.4 Å². The highest BCUT2D eigenvalue weighted by atomic mass is 15.1. The van der Waals surface area contributed by atoms with Gasteiger partial charge in [-0.15, -0.1) is 0 Å². The molecule has 0 aromatic rings. The molecule has 80 valence electrons. The van der Waals surface area contributed by atoms with Crippen molar-refractivity contribution in [2.45, 2.75) is 12.8 Å². The van der Waals surface area contributed by atoms with Crippen molar-refractivity contribution < 1.29 is 0 Å². The zero-order valence-electron chi connectivity index (χ0n) is 9.37. The van der Waals surface area contributed by atoms with Crippen molar-refractivity contribution in [1.29, 1.82) is 0 Å². The molecule has 0 spiro atoms. The topological polar surface area (TPSA) is 15.3 Å². The Hall–Kier alpha value is -0.340. The zero-order chi connectivity index (χ0) is 9.97. The lowest BCUT2D eigenvalue weighted by atomic mass is 9.94. The molecule has 1 saturated carbocycles. The molecule has 0 aromatic carbocycles. The quantitative estimate of drug-likeness (QED) is 0.525. The van der Waals surface area contributed by atoms with Crippen molar-refractivity contribution in [2.75, 3.05) is 33.7 Å². The summed E-state index contributed by atoms with van der Waals surface area (Å²) >= 11 is 0. The van der Waals surface area contributed by atoms with Gasteiger partial charge in [0.15, 0.2) is 0 Å². The number of rotatable bonds is 5. The van der Waals surface area contributed by atoms with Crippen molar-refractivity contribution >= 4 is 0 Å². The first-order valence-electron chi connectivity index (χ1n) is 5.79. The maximum Gasteiger partial charge on any atom is 0.0101 e. The van der Waals surface area contributed by atoms with E-state index in [1.807, 2.05) is 0 Å². The first-order chi connectivity index (χ1) is 6.75. The number of allylic oxidation sites excluding steroid dienone is 2. The summed E-state index contributed by atoms with van der Waals surface area (Å²) in [5.41, 5.74) is 0. The van der Waals surface area contributed by atoms with Gasteiger partial charge in [0, 0.05) is 13.1 Å². The Kier molecular flexibility index (Phi) is 3.24. The Morgan fingerprint density at radius 1 is 1.29 bits per heavy atom. The predicted molar refractivity (Wildman–Crippen MR) is 60.3 cm³/mol. The molecule has 1 N–H and O–H groups in total. The maximum absolute atomic E-state index is 3.57. The van der Waals surface area contributed by atoms with Crippen molar-refractivity contribution in [3.63, 3.8) is 0 Å². The van der Waals surface area contributed by atoms with Crippen LogP contribution in [0.5, 0.6) is 0 Å². The van der Waals surface area contributed by atoms with E-state index in [9.17, 15) is 0 Å². The number of likely N-dealkylation sites (N-methyl/N-ethyl adjacent to an activating group) is 1. The average molecular weight is 194 g/mol. The van der Waals surface area contributed by atoms with Crippen LogP contribution in [0.3, 0.4) is 0 Å². The van der Waals surface area contributed by atoms with E-state index >= 15 is 0 Å². The van der Waals surface area contributed by atoms with Crippen molar-refractivity contribution in [2.24, 2.45) is 17.8 Å². The lowest BCUT2D eigenvalue weighted by molar-refractivity contribution is 0.369. The fraction of sp³-hybridized carbons (Fsp3) is 0.833. The minimum atomic E-state index is 0.895. The SMILES string of the molecule is CN(C)CCNCC1CC2C=CC1C2. The van der Waals surface area contributed by atoms with E-state index in [0.29, 0.717) is 0 Å². The maximum atomic E-state index is 3.57. The van der Waals surface area contributed by atoms with Gasteiger partial charge in [-0.1, -0.05) is 12.2 Å². The molecule has 2 aliphatic rings. The van der Waals surface area contributed by atoms with Crippen LogP contribution < -0.4 is 5.32 Å². The van der Waals surface area contributed by atoms with Gasteiger partial charge in [-0.2, -0.15) is 0 Å². The summed E-state index contributed by atoms with van der Waals surface area (Å²) in [7, 11) is 4.25. The van der Waals surface area contributed by atoms with E-state index < -0.39 is 0 Å². The minimum absolute atomic E-state index is 0.895. The summed E-state index contributed by atoms with van der Waals surface area (Å²) in [4.78, 5) is 2.23. The van der Waals surface area contributed by atoms with Gasteiger partial charge in [-0.25, -0.2) is 0 Å². The molecule has 0 aromatic heterocycles. The van der Waals surface area contributed by atoms with Gasteiger partial charge in [-0.3, -0.25) is 0 Å². The second-order valence-corrected chi connectivity index (χ2v) is 5.05. The van der Waals surface area contributed by atoms with Gasteiger partial charge in [0.2, 0.25) is 0 Å². The highest BCUT2D eigenvalue weighted by Gasteiger charge is 2.34. The Labute approximate surface area is 87.4 Å². The lowest BCUT2D eigenvalue weighted by Gasteiger charge is -2.19. The van der Waals surface area contributed by atoms with Crippen molar-refractivity contribution in [1.82, 2.24) is 10.2 Å². The largest absolute Gasteiger partial charge is 0.315 e. The molecule has 2 rings (SSSR count). The van der Waals surface area contributed by atoms with Gasteiger partial charge >= 0.3 is 0 Å². The Bertz CT molecular complexity index is 210. The van der Waals surface area contributed by atoms with Gasteiger partial charge in [0.05, 0.1) is 0 Å². The number of nitrogens with one attached hydrogen (secondary N) is 1. The summed E-state index contributed by atoms with van der Waals surface area (Å²) in [5, 5.41) is 3.57. The third kappa shape index (κ3) is 2.37.